The normalized spacial score (nSPS) is 22.7. The number of nitrogens with one attached hydrogen (secondary N) is 1. The van der Waals surface area contributed by atoms with Gasteiger partial charge in [-0.05, 0) is 37.4 Å². The fourth-order valence-electron chi connectivity index (χ4n) is 2.13. The molecule has 0 bridgehead atoms. The molecule has 1 aliphatic heterocycles. The summed E-state index contributed by atoms with van der Waals surface area (Å²) in [4.78, 5) is 4.04. The van der Waals surface area contributed by atoms with E-state index in [0.717, 1.165) is 25.8 Å². The Hall–Kier alpha value is -0.940. The summed E-state index contributed by atoms with van der Waals surface area (Å²) in [6.45, 7) is 1.39. The summed E-state index contributed by atoms with van der Waals surface area (Å²) in [5.41, 5.74) is 1.18. The van der Waals surface area contributed by atoms with Gasteiger partial charge in [0.1, 0.15) is 0 Å². The molecular formula is C12H18N2O2S. The van der Waals surface area contributed by atoms with Crippen LogP contribution >= 0.6 is 0 Å². The fraction of sp³-hybridized carbons (Fsp3) is 0.583. The maximum atomic E-state index is 11.6. The molecule has 0 spiro atoms. The van der Waals surface area contributed by atoms with Gasteiger partial charge >= 0.3 is 0 Å². The highest BCUT2D eigenvalue weighted by Gasteiger charge is 2.30. The number of pyridine rings is 1. The van der Waals surface area contributed by atoms with Gasteiger partial charge in [-0.15, -0.1) is 0 Å². The molecule has 1 fully saturated rings. The molecule has 0 radical (unpaired) electrons. The number of hydrogen-bond donors (Lipinski definition) is 1. The highest BCUT2D eigenvalue weighted by molar-refractivity contribution is 7.92. The van der Waals surface area contributed by atoms with Gasteiger partial charge in [-0.2, -0.15) is 0 Å². The monoisotopic (exact) mass is 254 g/mol. The number of aromatic nitrogens is 1. The Balaban J connectivity index is 1.70. The lowest BCUT2D eigenvalue weighted by atomic mass is 10.2. The minimum Gasteiger partial charge on any atom is -0.315 e. The van der Waals surface area contributed by atoms with Crippen LogP contribution in [0.3, 0.4) is 0 Å². The van der Waals surface area contributed by atoms with E-state index in [1.807, 2.05) is 18.3 Å². The first kappa shape index (κ1) is 12.5. The topological polar surface area (TPSA) is 59.1 Å². The Morgan fingerprint density at radius 3 is 3.00 bits per heavy atom. The number of hydrogen-bond acceptors (Lipinski definition) is 4. The van der Waals surface area contributed by atoms with Crippen molar-refractivity contribution in [1.82, 2.24) is 10.3 Å². The van der Waals surface area contributed by atoms with Crippen LogP contribution < -0.4 is 5.32 Å². The lowest BCUT2D eigenvalue weighted by Gasteiger charge is -2.10. The zero-order chi connectivity index (χ0) is 12.1. The van der Waals surface area contributed by atoms with Crippen molar-refractivity contribution in [3.63, 3.8) is 0 Å². The predicted molar refractivity (Wildman–Crippen MR) is 67.6 cm³/mol. The zero-order valence-electron chi connectivity index (χ0n) is 9.80. The Morgan fingerprint density at radius 1 is 1.47 bits per heavy atom. The fourth-order valence-corrected chi connectivity index (χ4v) is 3.93. The maximum Gasteiger partial charge on any atom is 0.154 e. The largest absolute Gasteiger partial charge is 0.315 e. The molecule has 0 aromatic carbocycles. The van der Waals surface area contributed by atoms with Crippen LogP contribution in [0.15, 0.2) is 24.5 Å². The standard InChI is InChI=1S/C12H18N2O2S/c15-17(16)8-2-4-12(17)10-14-7-5-11-3-1-6-13-9-11/h1,3,6,9,12,14H,2,4-5,7-8,10H2. The van der Waals surface area contributed by atoms with Gasteiger partial charge in [-0.25, -0.2) is 8.42 Å². The summed E-state index contributed by atoms with van der Waals surface area (Å²) in [6.07, 6.45) is 6.11. The van der Waals surface area contributed by atoms with E-state index in [1.165, 1.54) is 5.56 Å². The second kappa shape index (κ2) is 5.60. The average Bonchev–Trinajstić information content (AvgIpc) is 2.66. The Labute approximate surface area is 102 Å². The molecule has 1 N–H and O–H groups in total. The molecule has 1 aliphatic rings. The van der Waals surface area contributed by atoms with Crippen molar-refractivity contribution in [2.45, 2.75) is 24.5 Å². The van der Waals surface area contributed by atoms with Crippen LogP contribution in [0.4, 0.5) is 0 Å². The first-order chi connectivity index (χ1) is 8.18. The molecule has 0 aliphatic carbocycles. The van der Waals surface area contributed by atoms with Gasteiger partial charge < -0.3 is 5.32 Å². The van der Waals surface area contributed by atoms with Gasteiger partial charge in [0.2, 0.25) is 0 Å². The SMILES string of the molecule is O=S1(=O)CCCC1CNCCc1cccnc1. The van der Waals surface area contributed by atoms with Crippen LogP contribution in [0.2, 0.25) is 0 Å². The minimum absolute atomic E-state index is 0.170. The highest BCUT2D eigenvalue weighted by Crippen LogP contribution is 2.18. The van der Waals surface area contributed by atoms with Crippen molar-refractivity contribution >= 4 is 9.84 Å². The van der Waals surface area contributed by atoms with Gasteiger partial charge in [0, 0.05) is 18.9 Å². The Kier molecular flexibility index (Phi) is 4.12. The van der Waals surface area contributed by atoms with Crippen molar-refractivity contribution in [2.24, 2.45) is 0 Å². The molecule has 1 unspecified atom stereocenters. The van der Waals surface area contributed by atoms with Gasteiger partial charge in [-0.1, -0.05) is 6.07 Å². The predicted octanol–water partition coefficient (Wildman–Crippen LogP) is 0.791. The molecule has 0 amide bonds. The van der Waals surface area contributed by atoms with E-state index in [4.69, 9.17) is 0 Å². The lowest BCUT2D eigenvalue weighted by Crippen LogP contribution is -2.31. The second-order valence-corrected chi connectivity index (χ2v) is 6.85. The molecule has 1 aromatic heterocycles. The first-order valence-electron chi connectivity index (χ1n) is 6.00. The van der Waals surface area contributed by atoms with E-state index in [9.17, 15) is 8.42 Å². The van der Waals surface area contributed by atoms with E-state index in [0.29, 0.717) is 12.3 Å². The van der Waals surface area contributed by atoms with Crippen LogP contribution in [0.25, 0.3) is 0 Å². The van der Waals surface area contributed by atoms with E-state index in [2.05, 4.69) is 10.3 Å². The summed E-state index contributed by atoms with van der Waals surface area (Å²) in [5, 5.41) is 3.05. The minimum atomic E-state index is -2.81. The molecule has 2 heterocycles. The summed E-state index contributed by atoms with van der Waals surface area (Å²) in [7, 11) is -2.81. The molecular weight excluding hydrogens is 236 g/mol. The zero-order valence-corrected chi connectivity index (χ0v) is 10.6. The second-order valence-electron chi connectivity index (χ2n) is 4.45. The summed E-state index contributed by atoms with van der Waals surface area (Å²) in [5.74, 6) is 0.363. The maximum absolute atomic E-state index is 11.6. The average molecular weight is 254 g/mol. The molecule has 94 valence electrons. The summed E-state index contributed by atoms with van der Waals surface area (Å²) in [6, 6.07) is 3.94. The van der Waals surface area contributed by atoms with Gasteiger partial charge in [0.25, 0.3) is 0 Å². The van der Waals surface area contributed by atoms with Gasteiger partial charge in [0.05, 0.1) is 11.0 Å². The van der Waals surface area contributed by atoms with Crippen molar-refractivity contribution in [3.05, 3.63) is 30.1 Å². The summed E-state index contributed by atoms with van der Waals surface area (Å²) >= 11 is 0. The number of nitrogens with zero attached hydrogens (tertiary/aromatic N) is 1. The van der Waals surface area contributed by atoms with Crippen LogP contribution in [-0.4, -0.2) is 37.5 Å². The van der Waals surface area contributed by atoms with Crippen LogP contribution in [-0.2, 0) is 16.3 Å². The van der Waals surface area contributed by atoms with E-state index in [1.54, 1.807) is 6.20 Å². The van der Waals surface area contributed by atoms with E-state index in [-0.39, 0.29) is 5.25 Å². The van der Waals surface area contributed by atoms with Crippen molar-refractivity contribution in [2.75, 3.05) is 18.8 Å². The van der Waals surface area contributed by atoms with E-state index >= 15 is 0 Å². The third-order valence-electron chi connectivity index (χ3n) is 3.15. The highest BCUT2D eigenvalue weighted by atomic mass is 32.2. The third-order valence-corrected chi connectivity index (χ3v) is 5.42. The quantitative estimate of drug-likeness (QED) is 0.789. The molecule has 1 aromatic rings. The van der Waals surface area contributed by atoms with Crippen molar-refractivity contribution in [3.8, 4) is 0 Å². The van der Waals surface area contributed by atoms with Crippen LogP contribution in [0, 0.1) is 0 Å². The lowest BCUT2D eigenvalue weighted by molar-refractivity contribution is 0.574. The molecule has 5 heteroatoms. The Bertz CT molecular complexity index is 445. The van der Waals surface area contributed by atoms with Gasteiger partial charge in [0.15, 0.2) is 9.84 Å². The Morgan fingerprint density at radius 2 is 2.35 bits per heavy atom. The first-order valence-corrected chi connectivity index (χ1v) is 7.71. The number of rotatable bonds is 5. The molecule has 1 saturated heterocycles. The molecule has 0 saturated carbocycles. The molecule has 17 heavy (non-hydrogen) atoms. The van der Waals surface area contributed by atoms with Crippen molar-refractivity contribution in [1.29, 1.82) is 0 Å². The van der Waals surface area contributed by atoms with Crippen LogP contribution in [0.5, 0.6) is 0 Å². The smallest absolute Gasteiger partial charge is 0.154 e. The molecule has 1 atom stereocenters. The molecule has 2 rings (SSSR count). The van der Waals surface area contributed by atoms with E-state index < -0.39 is 9.84 Å². The van der Waals surface area contributed by atoms with Crippen LogP contribution in [0.1, 0.15) is 18.4 Å². The summed E-state index contributed by atoms with van der Waals surface area (Å²) < 4.78 is 23.2. The van der Waals surface area contributed by atoms with Crippen molar-refractivity contribution < 1.29 is 8.42 Å². The third kappa shape index (κ3) is 3.51. The number of sulfone groups is 1. The molecule has 4 nitrogen and oxygen atoms in total. The van der Waals surface area contributed by atoms with Gasteiger partial charge in [-0.3, -0.25) is 4.98 Å².